The zero-order valence-electron chi connectivity index (χ0n) is 11.8. The summed E-state index contributed by atoms with van der Waals surface area (Å²) in [5, 5.41) is 2.96. The van der Waals surface area contributed by atoms with E-state index in [1.165, 1.54) is 0 Å². The topological polar surface area (TPSA) is 49.4 Å². The molecule has 0 radical (unpaired) electrons. The highest BCUT2D eigenvalue weighted by atomic mass is 16.2. The lowest BCUT2D eigenvalue weighted by Gasteiger charge is -2.36. The molecule has 0 aliphatic carbocycles. The quantitative estimate of drug-likeness (QED) is 0.732. The molecule has 104 valence electrons. The fourth-order valence-corrected chi connectivity index (χ4v) is 2.39. The summed E-state index contributed by atoms with van der Waals surface area (Å²) in [4.78, 5) is 25.1. The van der Waals surface area contributed by atoms with Crippen LogP contribution in [0.1, 0.15) is 46.5 Å². The lowest BCUT2D eigenvalue weighted by Crippen LogP contribution is -2.52. The zero-order chi connectivity index (χ0) is 13.5. The second kappa shape index (κ2) is 7.52. The van der Waals surface area contributed by atoms with Crippen molar-refractivity contribution in [1.29, 1.82) is 0 Å². The van der Waals surface area contributed by atoms with E-state index in [1.807, 2.05) is 11.8 Å². The summed E-state index contributed by atoms with van der Waals surface area (Å²) in [6.07, 6.45) is 5.02. The fraction of sp³-hybridized carbons (Fsp3) is 0.857. The molecular weight excluding hydrogens is 228 g/mol. The van der Waals surface area contributed by atoms with Gasteiger partial charge in [-0.3, -0.25) is 9.69 Å². The fourth-order valence-electron chi connectivity index (χ4n) is 2.39. The number of nitrogens with zero attached hydrogens (tertiary/aromatic N) is 1. The summed E-state index contributed by atoms with van der Waals surface area (Å²) in [5.74, 6) is 0.641. The van der Waals surface area contributed by atoms with Crippen LogP contribution in [0.5, 0.6) is 0 Å². The van der Waals surface area contributed by atoms with E-state index in [0.717, 1.165) is 45.1 Å². The lowest BCUT2D eigenvalue weighted by atomic mass is 10.0. The highest BCUT2D eigenvalue weighted by Crippen LogP contribution is 2.18. The molecule has 1 aliphatic rings. The van der Waals surface area contributed by atoms with Crippen molar-refractivity contribution in [2.75, 3.05) is 13.1 Å². The molecule has 0 saturated carbocycles. The van der Waals surface area contributed by atoms with Gasteiger partial charge in [-0.2, -0.15) is 0 Å². The van der Waals surface area contributed by atoms with Crippen molar-refractivity contribution in [3.05, 3.63) is 0 Å². The van der Waals surface area contributed by atoms with Gasteiger partial charge in [0, 0.05) is 6.54 Å². The molecule has 0 aromatic carbocycles. The largest absolute Gasteiger partial charge is 0.355 e. The first kappa shape index (κ1) is 15.2. The highest BCUT2D eigenvalue weighted by molar-refractivity contribution is 5.81. The summed E-state index contributed by atoms with van der Waals surface area (Å²) < 4.78 is 0. The van der Waals surface area contributed by atoms with Crippen LogP contribution in [0, 0.1) is 5.92 Å². The van der Waals surface area contributed by atoms with Crippen LogP contribution in [0.3, 0.4) is 0 Å². The molecular formula is C14H26N2O2. The number of piperidine rings is 1. The van der Waals surface area contributed by atoms with Gasteiger partial charge in [0.05, 0.1) is 12.1 Å². The maximum atomic E-state index is 12.0. The normalized spacial score (nSPS) is 22.8. The minimum atomic E-state index is -0.201. The van der Waals surface area contributed by atoms with Gasteiger partial charge in [0.15, 0.2) is 0 Å². The molecule has 2 atom stereocenters. The van der Waals surface area contributed by atoms with Gasteiger partial charge in [-0.1, -0.05) is 20.3 Å². The number of carbonyl (C=O) groups excluding carboxylic acids is 2. The molecule has 4 nitrogen and oxygen atoms in total. The number of aldehydes is 1. The summed E-state index contributed by atoms with van der Waals surface area (Å²) in [6.45, 7) is 7.75. The highest BCUT2D eigenvalue weighted by Gasteiger charge is 2.29. The third-order valence-electron chi connectivity index (χ3n) is 3.65. The molecule has 0 spiro atoms. The Labute approximate surface area is 110 Å². The first-order valence-corrected chi connectivity index (χ1v) is 7.05. The van der Waals surface area contributed by atoms with Gasteiger partial charge in [0.25, 0.3) is 0 Å². The Morgan fingerprint density at radius 3 is 2.72 bits per heavy atom. The van der Waals surface area contributed by atoms with Gasteiger partial charge in [0.1, 0.15) is 6.29 Å². The van der Waals surface area contributed by atoms with Crippen molar-refractivity contribution >= 4 is 12.2 Å². The Hall–Kier alpha value is -0.900. The standard InChI is InChI=1S/C14H26N2O2/c1-11(2)7-8-15-14(18)12(3)16-9-5-4-6-13(16)10-17/h10-13H,4-9H2,1-3H3,(H,15,18). The smallest absolute Gasteiger partial charge is 0.237 e. The molecule has 0 aromatic heterocycles. The lowest BCUT2D eigenvalue weighted by molar-refractivity contribution is -0.128. The Kier molecular flexibility index (Phi) is 6.33. The van der Waals surface area contributed by atoms with Gasteiger partial charge >= 0.3 is 0 Å². The van der Waals surface area contributed by atoms with Crippen molar-refractivity contribution in [2.24, 2.45) is 5.92 Å². The van der Waals surface area contributed by atoms with E-state index >= 15 is 0 Å². The van der Waals surface area contributed by atoms with E-state index in [9.17, 15) is 9.59 Å². The van der Waals surface area contributed by atoms with Crippen molar-refractivity contribution in [3.63, 3.8) is 0 Å². The van der Waals surface area contributed by atoms with E-state index in [1.54, 1.807) is 0 Å². The minimum Gasteiger partial charge on any atom is -0.355 e. The van der Waals surface area contributed by atoms with Crippen LogP contribution in [0.4, 0.5) is 0 Å². The molecule has 0 aromatic rings. The summed E-state index contributed by atoms with van der Waals surface area (Å²) in [6, 6.07) is -0.280. The Balaban J connectivity index is 2.43. The maximum absolute atomic E-state index is 12.0. The molecule has 1 N–H and O–H groups in total. The van der Waals surface area contributed by atoms with E-state index in [2.05, 4.69) is 19.2 Å². The van der Waals surface area contributed by atoms with Gasteiger partial charge in [-0.05, 0) is 38.6 Å². The molecule has 1 rings (SSSR count). The number of likely N-dealkylation sites (tertiary alicyclic amines) is 1. The predicted molar refractivity (Wildman–Crippen MR) is 72.3 cm³/mol. The maximum Gasteiger partial charge on any atom is 0.237 e. The SMILES string of the molecule is CC(C)CCNC(=O)C(C)N1CCCCC1C=O. The second-order valence-corrected chi connectivity index (χ2v) is 5.59. The molecule has 4 heteroatoms. The summed E-state index contributed by atoms with van der Waals surface area (Å²) in [7, 11) is 0. The number of hydrogen-bond donors (Lipinski definition) is 1. The van der Waals surface area contributed by atoms with Crippen molar-refractivity contribution in [3.8, 4) is 0 Å². The van der Waals surface area contributed by atoms with Crippen LogP contribution in [0.15, 0.2) is 0 Å². The first-order chi connectivity index (χ1) is 8.56. The number of nitrogens with one attached hydrogen (secondary N) is 1. The Morgan fingerprint density at radius 2 is 2.11 bits per heavy atom. The first-order valence-electron chi connectivity index (χ1n) is 7.05. The van der Waals surface area contributed by atoms with Crippen molar-refractivity contribution in [2.45, 2.75) is 58.5 Å². The average Bonchev–Trinajstić information content (AvgIpc) is 2.37. The van der Waals surface area contributed by atoms with Crippen LogP contribution in [0.2, 0.25) is 0 Å². The molecule has 0 bridgehead atoms. The average molecular weight is 254 g/mol. The van der Waals surface area contributed by atoms with Crippen LogP contribution >= 0.6 is 0 Å². The third kappa shape index (κ3) is 4.41. The van der Waals surface area contributed by atoms with E-state index < -0.39 is 0 Å². The van der Waals surface area contributed by atoms with Gasteiger partial charge in [0.2, 0.25) is 5.91 Å². The predicted octanol–water partition coefficient (Wildman–Crippen LogP) is 1.59. The Bertz CT molecular complexity index is 279. The molecule has 2 unspecified atom stereocenters. The second-order valence-electron chi connectivity index (χ2n) is 5.59. The minimum absolute atomic E-state index is 0.0457. The number of rotatable bonds is 6. The van der Waals surface area contributed by atoms with E-state index in [0.29, 0.717) is 5.92 Å². The van der Waals surface area contributed by atoms with E-state index in [4.69, 9.17) is 0 Å². The molecule has 1 aliphatic heterocycles. The van der Waals surface area contributed by atoms with Gasteiger partial charge in [-0.25, -0.2) is 0 Å². The van der Waals surface area contributed by atoms with Crippen LogP contribution in [-0.2, 0) is 9.59 Å². The van der Waals surface area contributed by atoms with Gasteiger partial charge < -0.3 is 10.1 Å². The van der Waals surface area contributed by atoms with Crippen LogP contribution in [-0.4, -0.2) is 42.3 Å². The van der Waals surface area contributed by atoms with Crippen LogP contribution in [0.25, 0.3) is 0 Å². The molecule has 18 heavy (non-hydrogen) atoms. The number of carbonyl (C=O) groups is 2. The molecule has 1 heterocycles. The monoisotopic (exact) mass is 254 g/mol. The third-order valence-corrected chi connectivity index (χ3v) is 3.65. The number of hydrogen-bond acceptors (Lipinski definition) is 3. The molecule has 1 amide bonds. The van der Waals surface area contributed by atoms with Crippen molar-refractivity contribution in [1.82, 2.24) is 10.2 Å². The van der Waals surface area contributed by atoms with Crippen LogP contribution < -0.4 is 5.32 Å². The van der Waals surface area contributed by atoms with Crippen molar-refractivity contribution < 1.29 is 9.59 Å². The Morgan fingerprint density at radius 1 is 1.39 bits per heavy atom. The number of amides is 1. The molecule has 1 saturated heterocycles. The van der Waals surface area contributed by atoms with E-state index in [-0.39, 0.29) is 18.0 Å². The summed E-state index contributed by atoms with van der Waals surface area (Å²) in [5.41, 5.74) is 0. The zero-order valence-corrected chi connectivity index (χ0v) is 11.8. The summed E-state index contributed by atoms with van der Waals surface area (Å²) >= 11 is 0. The van der Waals surface area contributed by atoms with Gasteiger partial charge in [-0.15, -0.1) is 0 Å². The molecule has 1 fully saturated rings.